The first-order valence-corrected chi connectivity index (χ1v) is 5.11. The van der Waals surface area contributed by atoms with Gasteiger partial charge in [-0.1, -0.05) is 13.8 Å². The molecule has 0 atom stereocenters. The summed E-state index contributed by atoms with van der Waals surface area (Å²) in [6.07, 6.45) is 1.37. The lowest BCUT2D eigenvalue weighted by Gasteiger charge is -2.09. The Balaban J connectivity index is 3.45. The SMILES string of the molecule is COC(=O)c1cn(N)c(C(=O)OC)c1C(C)C. The number of hydrogen-bond donors (Lipinski definition) is 1. The molecular weight excluding hydrogens is 224 g/mol. The Hall–Kier alpha value is -1.98. The Morgan fingerprint density at radius 2 is 1.76 bits per heavy atom. The highest BCUT2D eigenvalue weighted by molar-refractivity contribution is 5.98. The van der Waals surface area contributed by atoms with E-state index in [4.69, 9.17) is 5.84 Å². The van der Waals surface area contributed by atoms with Crippen molar-refractivity contribution in [2.45, 2.75) is 19.8 Å². The largest absolute Gasteiger partial charge is 0.465 e. The maximum Gasteiger partial charge on any atom is 0.356 e. The van der Waals surface area contributed by atoms with E-state index in [2.05, 4.69) is 9.47 Å². The van der Waals surface area contributed by atoms with Gasteiger partial charge in [-0.3, -0.25) is 4.68 Å². The van der Waals surface area contributed by atoms with Crippen LogP contribution in [0.25, 0.3) is 0 Å². The topological polar surface area (TPSA) is 83.5 Å². The number of nitrogens with zero attached hydrogens (tertiary/aromatic N) is 1. The summed E-state index contributed by atoms with van der Waals surface area (Å²) in [5, 5.41) is 0. The van der Waals surface area contributed by atoms with E-state index in [9.17, 15) is 9.59 Å². The second-order valence-electron chi connectivity index (χ2n) is 3.85. The highest BCUT2D eigenvalue weighted by Gasteiger charge is 2.27. The molecule has 0 bridgehead atoms. The van der Waals surface area contributed by atoms with E-state index in [1.54, 1.807) is 0 Å². The molecule has 0 radical (unpaired) electrons. The highest BCUT2D eigenvalue weighted by atomic mass is 16.5. The van der Waals surface area contributed by atoms with Gasteiger partial charge in [0.25, 0.3) is 0 Å². The average molecular weight is 240 g/mol. The Bertz CT molecular complexity index is 449. The minimum absolute atomic E-state index is 0.0528. The molecule has 0 fully saturated rings. The van der Waals surface area contributed by atoms with Gasteiger partial charge in [-0.25, -0.2) is 9.59 Å². The normalized spacial score (nSPS) is 10.4. The van der Waals surface area contributed by atoms with Crippen LogP contribution in [0.1, 0.15) is 46.2 Å². The van der Waals surface area contributed by atoms with Crippen LogP contribution in [0.2, 0.25) is 0 Å². The van der Waals surface area contributed by atoms with Crippen LogP contribution in [0.15, 0.2) is 6.20 Å². The fraction of sp³-hybridized carbons (Fsp3) is 0.455. The van der Waals surface area contributed by atoms with Crippen LogP contribution in [0, 0.1) is 0 Å². The zero-order valence-corrected chi connectivity index (χ0v) is 10.3. The van der Waals surface area contributed by atoms with Crippen molar-refractivity contribution >= 4 is 11.9 Å². The molecule has 6 nitrogen and oxygen atoms in total. The van der Waals surface area contributed by atoms with Crippen molar-refractivity contribution < 1.29 is 19.1 Å². The van der Waals surface area contributed by atoms with Crippen molar-refractivity contribution in [1.82, 2.24) is 4.68 Å². The first-order valence-electron chi connectivity index (χ1n) is 5.11. The van der Waals surface area contributed by atoms with E-state index in [1.165, 1.54) is 20.4 Å². The second kappa shape index (κ2) is 4.90. The minimum atomic E-state index is -0.577. The molecule has 0 saturated carbocycles. The maximum atomic E-state index is 11.6. The number of methoxy groups -OCH3 is 2. The third-order valence-electron chi connectivity index (χ3n) is 2.43. The van der Waals surface area contributed by atoms with E-state index in [0.717, 1.165) is 4.68 Å². The lowest BCUT2D eigenvalue weighted by molar-refractivity contribution is 0.0588. The summed E-state index contributed by atoms with van der Waals surface area (Å²) in [6, 6.07) is 0. The molecule has 2 N–H and O–H groups in total. The lowest BCUT2D eigenvalue weighted by Crippen LogP contribution is -2.18. The predicted molar refractivity (Wildman–Crippen MR) is 61.4 cm³/mol. The van der Waals surface area contributed by atoms with Crippen LogP contribution in [0.5, 0.6) is 0 Å². The van der Waals surface area contributed by atoms with Crippen LogP contribution in [-0.2, 0) is 9.47 Å². The first-order chi connectivity index (χ1) is 7.93. The summed E-state index contributed by atoms with van der Waals surface area (Å²) in [6.45, 7) is 3.71. The molecular formula is C11H16N2O4. The summed E-state index contributed by atoms with van der Waals surface area (Å²) in [5.41, 5.74) is 0.986. The minimum Gasteiger partial charge on any atom is -0.465 e. The number of aromatic nitrogens is 1. The van der Waals surface area contributed by atoms with Gasteiger partial charge < -0.3 is 15.3 Å². The molecule has 6 heteroatoms. The molecule has 0 amide bonds. The summed E-state index contributed by atoms with van der Waals surface area (Å²) in [5.74, 6) is 4.50. The van der Waals surface area contributed by atoms with E-state index in [1.807, 2.05) is 13.8 Å². The standard InChI is InChI=1S/C11H16N2O4/c1-6(2)8-7(10(14)16-3)5-13(12)9(8)11(15)17-4/h5-6H,12H2,1-4H3. The van der Waals surface area contributed by atoms with Crippen molar-refractivity contribution in [1.29, 1.82) is 0 Å². The number of carbonyl (C=O) groups is 2. The zero-order valence-electron chi connectivity index (χ0n) is 10.3. The highest BCUT2D eigenvalue weighted by Crippen LogP contribution is 2.26. The predicted octanol–water partition coefficient (Wildman–Crippen LogP) is 0.898. The van der Waals surface area contributed by atoms with Crippen molar-refractivity contribution in [2.24, 2.45) is 0 Å². The van der Waals surface area contributed by atoms with Crippen molar-refractivity contribution in [3.05, 3.63) is 23.0 Å². The van der Waals surface area contributed by atoms with Gasteiger partial charge in [0.15, 0.2) is 5.69 Å². The Labute approximate surface area is 99.3 Å². The summed E-state index contributed by atoms with van der Waals surface area (Å²) >= 11 is 0. The van der Waals surface area contributed by atoms with E-state index in [0.29, 0.717) is 5.56 Å². The fourth-order valence-electron chi connectivity index (χ4n) is 1.71. The lowest BCUT2D eigenvalue weighted by atomic mass is 9.99. The number of nitrogens with two attached hydrogens (primary N) is 1. The first kappa shape index (κ1) is 13.1. The van der Waals surface area contributed by atoms with E-state index < -0.39 is 11.9 Å². The molecule has 0 aliphatic rings. The Morgan fingerprint density at radius 3 is 2.18 bits per heavy atom. The zero-order chi connectivity index (χ0) is 13.2. The molecule has 1 aromatic heterocycles. The quantitative estimate of drug-likeness (QED) is 0.626. The summed E-state index contributed by atoms with van der Waals surface area (Å²) in [7, 11) is 2.54. The number of rotatable bonds is 3. The maximum absolute atomic E-state index is 11.6. The number of hydrogen-bond acceptors (Lipinski definition) is 5. The molecule has 17 heavy (non-hydrogen) atoms. The van der Waals surface area contributed by atoms with Crippen LogP contribution in [0.4, 0.5) is 0 Å². The van der Waals surface area contributed by atoms with Crippen LogP contribution < -0.4 is 5.84 Å². The van der Waals surface area contributed by atoms with Gasteiger partial charge in [-0.15, -0.1) is 0 Å². The third kappa shape index (κ3) is 2.25. The molecule has 0 unspecified atom stereocenters. The second-order valence-corrected chi connectivity index (χ2v) is 3.85. The van der Waals surface area contributed by atoms with Gasteiger partial charge in [0.1, 0.15) is 0 Å². The number of carbonyl (C=O) groups excluding carboxylic acids is 2. The Morgan fingerprint density at radius 1 is 1.24 bits per heavy atom. The van der Waals surface area contributed by atoms with Gasteiger partial charge in [-0.2, -0.15) is 0 Å². The molecule has 0 saturated heterocycles. The van der Waals surface area contributed by atoms with Crippen LogP contribution >= 0.6 is 0 Å². The molecule has 0 spiro atoms. The van der Waals surface area contributed by atoms with Crippen LogP contribution in [-0.4, -0.2) is 30.8 Å². The molecule has 1 heterocycles. The number of ether oxygens (including phenoxy) is 2. The van der Waals surface area contributed by atoms with E-state index in [-0.39, 0.29) is 17.2 Å². The third-order valence-corrected chi connectivity index (χ3v) is 2.43. The Kier molecular flexibility index (Phi) is 3.77. The summed E-state index contributed by atoms with van der Waals surface area (Å²) in [4.78, 5) is 23.2. The van der Waals surface area contributed by atoms with Gasteiger partial charge in [-0.05, 0) is 5.92 Å². The van der Waals surface area contributed by atoms with Gasteiger partial charge >= 0.3 is 11.9 Å². The molecule has 1 rings (SSSR count). The monoisotopic (exact) mass is 240 g/mol. The molecule has 0 aliphatic carbocycles. The van der Waals surface area contributed by atoms with Crippen molar-refractivity contribution in [3.8, 4) is 0 Å². The molecule has 0 aliphatic heterocycles. The van der Waals surface area contributed by atoms with Crippen molar-refractivity contribution in [3.63, 3.8) is 0 Å². The van der Waals surface area contributed by atoms with Gasteiger partial charge in [0.05, 0.1) is 19.8 Å². The summed E-state index contributed by atoms with van der Waals surface area (Å²) < 4.78 is 10.4. The molecule has 94 valence electrons. The molecule has 1 aromatic rings. The van der Waals surface area contributed by atoms with Gasteiger partial charge in [0.2, 0.25) is 0 Å². The number of esters is 2. The van der Waals surface area contributed by atoms with Crippen molar-refractivity contribution in [2.75, 3.05) is 20.1 Å². The van der Waals surface area contributed by atoms with E-state index >= 15 is 0 Å². The van der Waals surface area contributed by atoms with Crippen LogP contribution in [0.3, 0.4) is 0 Å². The smallest absolute Gasteiger partial charge is 0.356 e. The van der Waals surface area contributed by atoms with Gasteiger partial charge in [0, 0.05) is 11.8 Å². The fourth-order valence-corrected chi connectivity index (χ4v) is 1.71. The number of nitrogen functional groups attached to an aromatic ring is 1. The molecule has 0 aromatic carbocycles. The average Bonchev–Trinajstić information content (AvgIpc) is 2.64.